The number of ketones is 1. The highest BCUT2D eigenvalue weighted by molar-refractivity contribution is 7.98. The fourth-order valence-electron chi connectivity index (χ4n) is 7.10. The van der Waals surface area contributed by atoms with Crippen molar-refractivity contribution < 1.29 is 19.2 Å². The van der Waals surface area contributed by atoms with Gasteiger partial charge in [0.2, 0.25) is 11.8 Å². The number of nitrogens with one attached hydrogen (secondary N) is 1. The molecule has 1 aromatic heterocycles. The number of amides is 3. The van der Waals surface area contributed by atoms with E-state index in [1.165, 1.54) is 24.2 Å². The summed E-state index contributed by atoms with van der Waals surface area (Å²) in [5.41, 5.74) is 1.67. The zero-order chi connectivity index (χ0) is 26.9. The number of hydrogen-bond acceptors (Lipinski definition) is 6. The van der Waals surface area contributed by atoms with Gasteiger partial charge in [0.25, 0.3) is 5.91 Å². The topological polar surface area (TPSA) is 86.8 Å². The number of fused-ring (bicyclic) bond motifs is 3. The second kappa shape index (κ2) is 11.5. The van der Waals surface area contributed by atoms with Crippen molar-refractivity contribution in [3.05, 3.63) is 58.3 Å². The largest absolute Gasteiger partial charge is 0.339 e. The molecule has 206 valence electrons. The maximum Gasteiger partial charge on any atom is 0.252 e. The van der Waals surface area contributed by atoms with Gasteiger partial charge in [0, 0.05) is 29.9 Å². The van der Waals surface area contributed by atoms with Gasteiger partial charge < -0.3 is 15.1 Å². The standard InChI is InChI=1S/C30H35N3O4S2/c34-26-15-33(27(35)14-22-12-20-10-21(11-20)13-22)25-6-8-32(28(25)26)30(37)24(31-29(36)23-7-9-38-17-23)18-39-16-19-4-2-1-3-5-19/h1-5,7,9,17,20-22,24-25,28H,6,8,10-16,18H2,(H,31,36)/t20?,21?,22?,24-,25+,28-/m0/s1. The van der Waals surface area contributed by atoms with Crippen molar-refractivity contribution in [3.8, 4) is 0 Å². The first kappa shape index (κ1) is 26.6. The van der Waals surface area contributed by atoms with Crippen LogP contribution in [0.15, 0.2) is 47.2 Å². The maximum atomic E-state index is 13.9. The number of nitrogens with zero attached hydrogens (tertiary/aromatic N) is 2. The third-order valence-electron chi connectivity index (χ3n) is 8.94. The van der Waals surface area contributed by atoms with Crippen LogP contribution in [0.25, 0.3) is 0 Å². The third kappa shape index (κ3) is 5.66. The van der Waals surface area contributed by atoms with Crippen LogP contribution in [0.5, 0.6) is 0 Å². The summed E-state index contributed by atoms with van der Waals surface area (Å²) < 4.78 is 0. The van der Waals surface area contributed by atoms with Crippen LogP contribution in [0.4, 0.5) is 0 Å². The van der Waals surface area contributed by atoms with Gasteiger partial charge in [-0.3, -0.25) is 19.2 Å². The van der Waals surface area contributed by atoms with Gasteiger partial charge in [0.15, 0.2) is 5.78 Å². The van der Waals surface area contributed by atoms with E-state index in [1.54, 1.807) is 33.0 Å². The first-order chi connectivity index (χ1) is 19.0. The number of hydrogen-bond donors (Lipinski definition) is 1. The van der Waals surface area contributed by atoms with E-state index in [0.717, 1.165) is 36.0 Å². The number of benzene rings is 1. The highest BCUT2D eigenvalue weighted by Crippen LogP contribution is 2.49. The summed E-state index contributed by atoms with van der Waals surface area (Å²) in [4.78, 5) is 56.6. The van der Waals surface area contributed by atoms with Crippen LogP contribution in [-0.2, 0) is 20.1 Å². The quantitative estimate of drug-likeness (QED) is 0.497. The van der Waals surface area contributed by atoms with E-state index in [0.29, 0.717) is 36.6 Å². The van der Waals surface area contributed by atoms with Gasteiger partial charge in [-0.1, -0.05) is 30.3 Å². The first-order valence-electron chi connectivity index (χ1n) is 14.0. The van der Waals surface area contributed by atoms with Gasteiger partial charge in [-0.15, -0.1) is 0 Å². The number of thioether (sulfide) groups is 1. The van der Waals surface area contributed by atoms with Gasteiger partial charge in [0.1, 0.15) is 12.1 Å². The van der Waals surface area contributed by atoms with Crippen molar-refractivity contribution in [1.82, 2.24) is 15.1 Å². The summed E-state index contributed by atoms with van der Waals surface area (Å²) in [6.45, 7) is 0.512. The Hall–Kier alpha value is -2.65. The molecule has 0 unspecified atom stereocenters. The van der Waals surface area contributed by atoms with Crippen LogP contribution in [0.3, 0.4) is 0 Å². The van der Waals surface area contributed by atoms with Crippen LogP contribution in [0.2, 0.25) is 0 Å². The molecule has 2 aromatic rings. The Kier molecular flexibility index (Phi) is 7.80. The van der Waals surface area contributed by atoms with Gasteiger partial charge in [-0.25, -0.2) is 0 Å². The molecule has 7 nitrogen and oxygen atoms in total. The molecule has 2 bridgehead atoms. The van der Waals surface area contributed by atoms with Crippen LogP contribution < -0.4 is 5.32 Å². The summed E-state index contributed by atoms with van der Waals surface area (Å²) in [7, 11) is 0. The predicted molar refractivity (Wildman–Crippen MR) is 152 cm³/mol. The molecule has 7 rings (SSSR count). The number of carbonyl (C=O) groups is 4. The molecule has 39 heavy (non-hydrogen) atoms. The minimum Gasteiger partial charge on any atom is -0.339 e. The van der Waals surface area contributed by atoms with E-state index in [9.17, 15) is 19.2 Å². The van der Waals surface area contributed by atoms with Crippen LogP contribution >= 0.6 is 23.1 Å². The Morgan fingerprint density at radius 2 is 1.79 bits per heavy atom. The van der Waals surface area contributed by atoms with Crippen molar-refractivity contribution in [2.75, 3.05) is 18.8 Å². The molecule has 9 heteroatoms. The molecular weight excluding hydrogens is 530 g/mol. The van der Waals surface area contributed by atoms with E-state index in [2.05, 4.69) is 5.32 Å². The maximum absolute atomic E-state index is 13.9. The first-order valence-corrected chi connectivity index (χ1v) is 16.1. The predicted octanol–water partition coefficient (Wildman–Crippen LogP) is 3.99. The van der Waals surface area contributed by atoms with Gasteiger partial charge >= 0.3 is 0 Å². The SMILES string of the molecule is O=C(N[C@@H](CSCc1ccccc1)C(=O)N1CC[C@@H]2[C@H]1C(=O)CN2C(=O)CC1CC2CC(C1)C2)c1ccsc1. The lowest BCUT2D eigenvalue weighted by Crippen LogP contribution is -2.53. The van der Waals surface area contributed by atoms with E-state index >= 15 is 0 Å². The monoisotopic (exact) mass is 565 g/mol. The Morgan fingerprint density at radius 3 is 2.51 bits per heavy atom. The number of Topliss-reactive ketones (excluding diaryl/α,β-unsaturated/α-hetero) is 1. The zero-order valence-electron chi connectivity index (χ0n) is 22.0. The lowest BCUT2D eigenvalue weighted by molar-refractivity contribution is -0.137. The second-order valence-electron chi connectivity index (χ2n) is 11.6. The Bertz CT molecular complexity index is 1200. The molecule has 3 saturated carbocycles. The number of rotatable bonds is 9. The fraction of sp³-hybridized carbons (Fsp3) is 0.533. The number of carbonyl (C=O) groups excluding carboxylic acids is 4. The molecule has 3 amide bonds. The van der Waals surface area contributed by atoms with Crippen molar-refractivity contribution in [2.24, 2.45) is 17.8 Å². The van der Waals surface area contributed by atoms with E-state index < -0.39 is 12.1 Å². The summed E-state index contributed by atoms with van der Waals surface area (Å²) in [5, 5.41) is 6.53. The molecule has 2 aliphatic heterocycles. The Labute approximate surface area is 237 Å². The summed E-state index contributed by atoms with van der Waals surface area (Å²) in [5.74, 6) is 2.61. The van der Waals surface area contributed by atoms with Crippen molar-refractivity contribution >= 4 is 46.6 Å². The lowest BCUT2D eigenvalue weighted by Gasteiger charge is -2.45. The molecule has 5 fully saturated rings. The molecule has 3 atom stereocenters. The molecule has 3 heterocycles. The van der Waals surface area contributed by atoms with Crippen LogP contribution in [-0.4, -0.2) is 70.3 Å². The minimum absolute atomic E-state index is 0.0643. The second-order valence-corrected chi connectivity index (χ2v) is 13.4. The lowest BCUT2D eigenvalue weighted by atomic mass is 9.61. The zero-order valence-corrected chi connectivity index (χ0v) is 23.6. The molecule has 3 aliphatic carbocycles. The Morgan fingerprint density at radius 1 is 1.03 bits per heavy atom. The third-order valence-corrected chi connectivity index (χ3v) is 10.7. The van der Waals surface area contributed by atoms with Crippen molar-refractivity contribution in [1.29, 1.82) is 0 Å². The Balaban J connectivity index is 1.12. The molecule has 0 spiro atoms. The highest BCUT2D eigenvalue weighted by atomic mass is 32.2. The normalized spacial score (nSPS) is 28.1. The van der Waals surface area contributed by atoms with E-state index in [-0.39, 0.29) is 36.1 Å². The van der Waals surface area contributed by atoms with E-state index in [4.69, 9.17) is 0 Å². The van der Waals surface area contributed by atoms with Gasteiger partial charge in [-0.05, 0) is 66.9 Å². The molecule has 2 saturated heterocycles. The van der Waals surface area contributed by atoms with Crippen LogP contribution in [0, 0.1) is 17.8 Å². The fourth-order valence-corrected chi connectivity index (χ4v) is 8.74. The molecule has 5 aliphatic rings. The van der Waals surface area contributed by atoms with Crippen molar-refractivity contribution in [2.45, 2.75) is 62.4 Å². The van der Waals surface area contributed by atoms with E-state index in [1.807, 2.05) is 35.7 Å². The van der Waals surface area contributed by atoms with Gasteiger partial charge in [0.05, 0.1) is 18.2 Å². The smallest absolute Gasteiger partial charge is 0.252 e. The molecule has 1 aromatic carbocycles. The van der Waals surface area contributed by atoms with Crippen molar-refractivity contribution in [3.63, 3.8) is 0 Å². The minimum atomic E-state index is -0.753. The molecule has 1 N–H and O–H groups in total. The molecule has 0 radical (unpaired) electrons. The molecular formula is C30H35N3O4S2. The van der Waals surface area contributed by atoms with Gasteiger partial charge in [-0.2, -0.15) is 23.1 Å². The van der Waals surface area contributed by atoms with Crippen LogP contribution in [0.1, 0.15) is 54.4 Å². The number of likely N-dealkylation sites (tertiary alicyclic amines) is 2. The summed E-state index contributed by atoms with van der Waals surface area (Å²) >= 11 is 3.02. The average molecular weight is 566 g/mol. The average Bonchev–Trinajstić information content (AvgIpc) is 3.67. The number of thiophene rings is 1. The highest BCUT2D eigenvalue weighted by Gasteiger charge is 2.52. The summed E-state index contributed by atoms with van der Waals surface area (Å²) in [6.07, 6.45) is 6.04. The summed E-state index contributed by atoms with van der Waals surface area (Å²) in [6, 6.07) is 10.1.